The Labute approximate surface area is 309 Å². The average molecular weight is 717 g/mol. The van der Waals surface area contributed by atoms with Crippen molar-refractivity contribution in [2.24, 2.45) is 5.92 Å². The second-order valence-corrected chi connectivity index (χ2v) is 14.2. The van der Waals surface area contributed by atoms with Crippen molar-refractivity contribution < 1.29 is 19.7 Å². The molecule has 2 fully saturated rings. The molecule has 3 aromatic carbocycles. The molecule has 0 unspecified atom stereocenters. The van der Waals surface area contributed by atoms with Gasteiger partial charge in [0.25, 0.3) is 0 Å². The number of phenolic OH excluding ortho intramolecular Hbond substituents is 1. The number of hydrogen-bond acceptors (Lipinski definition) is 9. The van der Waals surface area contributed by atoms with E-state index >= 15 is 0 Å². The summed E-state index contributed by atoms with van der Waals surface area (Å²) in [7, 11) is 0. The minimum Gasteiger partial charge on any atom is -0.506 e. The first kappa shape index (κ1) is 36.3. The highest BCUT2D eigenvalue weighted by Crippen LogP contribution is 2.30. The Morgan fingerprint density at radius 3 is 2.25 bits per heavy atom. The summed E-state index contributed by atoms with van der Waals surface area (Å²) >= 11 is 0. The standard InChI is InChI=1S/C42H48N6O5/c49-38-15-13-35(36-14-16-40(51)46-41(36)38)39(50)26-43-25-29-17-21-47(22-18-29)27-31-9-6-10-32(44-31)28-48-23-19-33(20-24-48)53-42(52)45-37-12-5-4-11-34(37)30-7-2-1-3-8-30/h1-16,29,33,39,43,49-50H,17-28H2,(H,45,52)(H,46,51)/t39-/m0/s1. The molecule has 0 aliphatic carbocycles. The van der Waals surface area contributed by atoms with Crippen LogP contribution in [-0.4, -0.2) is 81.4 Å². The van der Waals surface area contributed by atoms with Crippen LogP contribution in [-0.2, 0) is 17.8 Å². The van der Waals surface area contributed by atoms with Gasteiger partial charge >= 0.3 is 6.09 Å². The fourth-order valence-corrected chi connectivity index (χ4v) is 7.53. The number of likely N-dealkylation sites (tertiary alicyclic amines) is 2. The number of para-hydroxylation sites is 1. The van der Waals surface area contributed by atoms with E-state index in [1.165, 1.54) is 12.1 Å². The van der Waals surface area contributed by atoms with Crippen LogP contribution in [0.1, 0.15) is 48.7 Å². The molecule has 5 N–H and O–H groups in total. The van der Waals surface area contributed by atoms with Crippen LogP contribution in [0.4, 0.5) is 10.5 Å². The number of carbonyl (C=O) groups is 1. The summed E-state index contributed by atoms with van der Waals surface area (Å²) in [6, 6.07) is 30.4. The van der Waals surface area contributed by atoms with Crippen LogP contribution < -0.4 is 16.2 Å². The molecular formula is C42H48N6O5. The Balaban J connectivity index is 0.813. The molecule has 2 aliphatic rings. The number of benzene rings is 3. The molecular weight excluding hydrogens is 668 g/mol. The number of aliphatic hydroxyl groups is 1. The van der Waals surface area contributed by atoms with E-state index in [0.717, 1.165) is 99.7 Å². The van der Waals surface area contributed by atoms with Gasteiger partial charge in [-0.2, -0.15) is 0 Å². The first-order chi connectivity index (χ1) is 25.9. The van der Waals surface area contributed by atoms with Crippen molar-refractivity contribution in [2.45, 2.75) is 51.0 Å². The van der Waals surface area contributed by atoms with Gasteiger partial charge in [0.2, 0.25) is 5.56 Å². The highest BCUT2D eigenvalue weighted by Gasteiger charge is 2.24. The number of pyridine rings is 2. The van der Waals surface area contributed by atoms with Crippen molar-refractivity contribution in [3.8, 4) is 16.9 Å². The van der Waals surface area contributed by atoms with Crippen molar-refractivity contribution in [1.82, 2.24) is 25.1 Å². The second kappa shape index (κ2) is 17.2. The molecule has 1 amide bonds. The molecule has 0 bridgehead atoms. The van der Waals surface area contributed by atoms with Crippen molar-refractivity contribution in [3.05, 3.63) is 124 Å². The van der Waals surface area contributed by atoms with Crippen LogP contribution in [0, 0.1) is 5.92 Å². The highest BCUT2D eigenvalue weighted by atomic mass is 16.6. The second-order valence-electron chi connectivity index (χ2n) is 14.2. The molecule has 11 nitrogen and oxygen atoms in total. The van der Waals surface area contributed by atoms with Gasteiger partial charge in [0.05, 0.1) is 28.7 Å². The third kappa shape index (κ3) is 9.49. The molecule has 53 heavy (non-hydrogen) atoms. The van der Waals surface area contributed by atoms with Crippen molar-refractivity contribution >= 4 is 22.7 Å². The zero-order valence-corrected chi connectivity index (χ0v) is 29.9. The van der Waals surface area contributed by atoms with E-state index in [1.807, 2.05) is 54.6 Å². The van der Waals surface area contributed by atoms with Gasteiger partial charge in [-0.1, -0.05) is 60.7 Å². The largest absolute Gasteiger partial charge is 0.506 e. The number of aromatic hydroxyl groups is 1. The SMILES string of the molecule is O=C(Nc1ccccc1-c1ccccc1)OC1CCN(Cc2cccc(CN3CCC(CNC[C@H](O)c4ccc(O)c5[nH]c(=O)ccc45)CC3)n2)CC1. The van der Waals surface area contributed by atoms with Crippen LogP contribution in [0.3, 0.4) is 0 Å². The number of anilines is 1. The number of carbonyl (C=O) groups excluding carboxylic acids is 1. The number of nitrogens with zero attached hydrogens (tertiary/aromatic N) is 3. The Bertz CT molecular complexity index is 2040. The summed E-state index contributed by atoms with van der Waals surface area (Å²) in [5, 5.41) is 28.1. The number of phenols is 1. The summed E-state index contributed by atoms with van der Waals surface area (Å²) < 4.78 is 5.84. The molecule has 0 radical (unpaired) electrons. The summed E-state index contributed by atoms with van der Waals surface area (Å²) in [5.41, 5.74) is 5.60. The first-order valence-corrected chi connectivity index (χ1v) is 18.6. The maximum atomic E-state index is 12.8. The van der Waals surface area contributed by atoms with Gasteiger partial charge in [-0.15, -0.1) is 0 Å². The average Bonchev–Trinajstić information content (AvgIpc) is 3.17. The minimum atomic E-state index is -0.761. The van der Waals surface area contributed by atoms with Crippen LogP contribution in [0.5, 0.6) is 5.75 Å². The number of nitrogens with one attached hydrogen (secondary N) is 3. The van der Waals surface area contributed by atoms with Gasteiger partial charge in [-0.3, -0.25) is 24.9 Å². The van der Waals surface area contributed by atoms with Gasteiger partial charge in [0.15, 0.2) is 0 Å². The molecule has 2 saturated heterocycles. The van der Waals surface area contributed by atoms with Gasteiger partial charge in [0.1, 0.15) is 11.9 Å². The van der Waals surface area contributed by atoms with Crippen LogP contribution in [0.15, 0.2) is 102 Å². The maximum Gasteiger partial charge on any atom is 0.411 e. The van der Waals surface area contributed by atoms with Crippen molar-refractivity contribution in [2.75, 3.05) is 44.6 Å². The Kier molecular flexibility index (Phi) is 11.8. The van der Waals surface area contributed by atoms with E-state index in [1.54, 1.807) is 12.1 Å². The number of aromatic nitrogens is 2. The third-order valence-corrected chi connectivity index (χ3v) is 10.4. The summed E-state index contributed by atoms with van der Waals surface area (Å²) in [6.45, 7) is 6.48. The number of ether oxygens (including phenoxy) is 1. The maximum absolute atomic E-state index is 12.8. The summed E-state index contributed by atoms with van der Waals surface area (Å²) in [4.78, 5) is 37.1. The number of aliphatic hydroxyl groups excluding tert-OH is 1. The topological polar surface area (TPSA) is 143 Å². The summed E-state index contributed by atoms with van der Waals surface area (Å²) in [5.74, 6) is 0.511. The number of H-pyrrole nitrogens is 1. The normalized spacial score (nSPS) is 16.8. The van der Waals surface area contributed by atoms with Crippen molar-refractivity contribution in [1.29, 1.82) is 0 Å². The Hall–Kier alpha value is -5.07. The number of amides is 1. The zero-order valence-electron chi connectivity index (χ0n) is 29.9. The molecule has 2 aliphatic heterocycles. The van der Waals surface area contributed by atoms with E-state index in [2.05, 4.69) is 43.6 Å². The highest BCUT2D eigenvalue weighted by molar-refractivity contribution is 5.91. The van der Waals surface area contributed by atoms with Crippen LogP contribution in [0.2, 0.25) is 0 Å². The van der Waals surface area contributed by atoms with Crippen molar-refractivity contribution in [3.63, 3.8) is 0 Å². The molecule has 1 atom stereocenters. The van der Waals surface area contributed by atoms with E-state index in [-0.39, 0.29) is 17.4 Å². The number of hydrogen-bond donors (Lipinski definition) is 5. The van der Waals surface area contributed by atoms with Gasteiger partial charge in [-0.05, 0) is 92.7 Å². The van der Waals surface area contributed by atoms with Gasteiger partial charge in [0, 0.05) is 49.7 Å². The van der Waals surface area contributed by atoms with Crippen LogP contribution in [0.25, 0.3) is 22.0 Å². The lowest BCUT2D eigenvalue weighted by molar-refractivity contribution is 0.0563. The molecule has 4 heterocycles. The van der Waals surface area contributed by atoms with E-state index in [4.69, 9.17) is 9.72 Å². The molecule has 0 spiro atoms. The molecule has 0 saturated carbocycles. The predicted molar refractivity (Wildman–Crippen MR) is 207 cm³/mol. The van der Waals surface area contributed by atoms with Crippen LogP contribution >= 0.6 is 0 Å². The van der Waals surface area contributed by atoms with E-state index < -0.39 is 12.2 Å². The lowest BCUT2D eigenvalue weighted by Gasteiger charge is -2.32. The summed E-state index contributed by atoms with van der Waals surface area (Å²) in [6.07, 6.45) is 2.41. The fraction of sp³-hybridized carbons (Fsp3) is 0.357. The third-order valence-electron chi connectivity index (χ3n) is 10.4. The molecule has 2 aromatic heterocycles. The first-order valence-electron chi connectivity index (χ1n) is 18.6. The minimum absolute atomic E-state index is 0.0112. The van der Waals surface area contributed by atoms with E-state index in [0.29, 0.717) is 28.9 Å². The monoisotopic (exact) mass is 716 g/mol. The quantitative estimate of drug-likeness (QED) is 0.104. The zero-order chi connectivity index (χ0) is 36.6. The smallest absolute Gasteiger partial charge is 0.411 e. The van der Waals surface area contributed by atoms with Gasteiger partial charge in [-0.25, -0.2) is 4.79 Å². The number of fused-ring (bicyclic) bond motifs is 1. The molecule has 7 rings (SSSR count). The Morgan fingerprint density at radius 1 is 0.830 bits per heavy atom. The molecule has 11 heteroatoms. The molecule has 5 aromatic rings. The number of aromatic amines is 1. The molecule has 276 valence electrons. The lowest BCUT2D eigenvalue weighted by Crippen LogP contribution is -2.38. The van der Waals surface area contributed by atoms with E-state index in [9.17, 15) is 19.8 Å². The lowest BCUT2D eigenvalue weighted by atomic mass is 9.96. The van der Waals surface area contributed by atoms with Gasteiger partial charge < -0.3 is 25.3 Å². The fourth-order valence-electron chi connectivity index (χ4n) is 7.53. The Morgan fingerprint density at radius 2 is 1.51 bits per heavy atom. The number of rotatable bonds is 12. The number of piperidine rings is 2. The predicted octanol–water partition coefficient (Wildman–Crippen LogP) is 6.04.